The molecule has 3 aromatic heterocycles. The van der Waals surface area contributed by atoms with Gasteiger partial charge in [0.2, 0.25) is 0 Å². The Kier molecular flexibility index (Phi) is 11.8. The number of anilines is 2. The molecule has 0 unspecified atom stereocenters. The molecule has 0 aromatic carbocycles. The molecule has 1 aliphatic rings. The second-order valence-corrected chi connectivity index (χ2v) is 11.9. The number of piperidine rings is 1. The van der Waals surface area contributed by atoms with Gasteiger partial charge in [-0.1, -0.05) is 34.5 Å². The number of hydrogen-bond acceptors (Lipinski definition) is 9. The molecule has 3 aromatic rings. The molecule has 1 aliphatic heterocycles. The zero-order valence-electron chi connectivity index (χ0n) is 21.5. The average Bonchev–Trinajstić information content (AvgIpc) is 3.49. The van der Waals surface area contributed by atoms with Gasteiger partial charge in [0.05, 0.1) is 32.1 Å². The summed E-state index contributed by atoms with van der Waals surface area (Å²) in [5.74, 6) is -0.931. The van der Waals surface area contributed by atoms with Crippen molar-refractivity contribution in [1.82, 2.24) is 14.9 Å². The highest BCUT2D eigenvalue weighted by Gasteiger charge is 2.26. The van der Waals surface area contributed by atoms with Crippen LogP contribution in [0, 0.1) is 5.92 Å². The Morgan fingerprint density at radius 2 is 2.03 bits per heavy atom. The summed E-state index contributed by atoms with van der Waals surface area (Å²) in [5, 5.41) is 15.4. The fourth-order valence-corrected chi connectivity index (χ4v) is 6.73. The van der Waals surface area contributed by atoms with Crippen LogP contribution in [0.3, 0.4) is 0 Å². The summed E-state index contributed by atoms with van der Waals surface area (Å²) in [6, 6.07) is 3.46. The van der Waals surface area contributed by atoms with Crippen molar-refractivity contribution in [2.75, 3.05) is 50.6 Å². The molecule has 4 rings (SSSR count). The number of hydrogen-bond donors (Lipinski definition) is 2. The van der Waals surface area contributed by atoms with Crippen molar-refractivity contribution in [2.45, 2.75) is 25.8 Å². The van der Waals surface area contributed by atoms with Crippen LogP contribution in [0.4, 0.5) is 10.9 Å². The fraction of sp³-hybridized carbons (Fsp3) is 0.440. The van der Waals surface area contributed by atoms with E-state index in [-0.39, 0.29) is 24.2 Å². The molecule has 0 atom stereocenters. The molecule has 1 amide bonds. The summed E-state index contributed by atoms with van der Waals surface area (Å²) in [6.07, 6.45) is 3.46. The number of carboxylic acid groups (broad SMARTS) is 1. The number of aliphatic carboxylic acids is 1. The Morgan fingerprint density at radius 1 is 1.28 bits per heavy atom. The van der Waals surface area contributed by atoms with E-state index in [0.29, 0.717) is 65.6 Å². The summed E-state index contributed by atoms with van der Waals surface area (Å²) in [5.41, 5.74) is 1.12. The van der Waals surface area contributed by atoms with Gasteiger partial charge in [-0.05, 0) is 38.4 Å². The number of nitrogens with one attached hydrogen (secondary N) is 1. The van der Waals surface area contributed by atoms with Crippen LogP contribution in [-0.4, -0.2) is 72.2 Å². The predicted molar refractivity (Wildman–Crippen MR) is 160 cm³/mol. The smallest absolute Gasteiger partial charge is 0.306 e. The number of pyridine rings is 1. The number of nitrogens with zero attached hydrogens (tertiary/aromatic N) is 4. The van der Waals surface area contributed by atoms with Gasteiger partial charge < -0.3 is 19.6 Å². The molecule has 39 heavy (non-hydrogen) atoms. The third-order valence-corrected chi connectivity index (χ3v) is 8.77. The van der Waals surface area contributed by atoms with Crippen LogP contribution in [0.1, 0.15) is 34.5 Å². The van der Waals surface area contributed by atoms with Crippen LogP contribution < -0.4 is 10.2 Å². The molecule has 0 radical (unpaired) electrons. The van der Waals surface area contributed by atoms with Gasteiger partial charge in [0.1, 0.15) is 5.82 Å². The Balaban J connectivity index is 0.00000420. The summed E-state index contributed by atoms with van der Waals surface area (Å²) in [7, 11) is 3.73. The quantitative estimate of drug-likeness (QED) is 0.247. The zero-order valence-corrected chi connectivity index (χ0v) is 25.4. The van der Waals surface area contributed by atoms with Gasteiger partial charge in [-0.15, -0.1) is 23.7 Å². The molecular weight excluding hydrogens is 605 g/mol. The third-order valence-electron chi connectivity index (χ3n) is 6.25. The number of amides is 1. The third kappa shape index (κ3) is 8.26. The van der Waals surface area contributed by atoms with Crippen LogP contribution in [-0.2, 0) is 16.1 Å². The van der Waals surface area contributed by atoms with Crippen molar-refractivity contribution < 1.29 is 19.4 Å². The van der Waals surface area contributed by atoms with Gasteiger partial charge in [-0.25, -0.2) is 9.97 Å². The summed E-state index contributed by atoms with van der Waals surface area (Å²) in [6.45, 7) is 3.32. The Bertz CT molecular complexity index is 1280. The number of thiophene rings is 1. The van der Waals surface area contributed by atoms with Gasteiger partial charge in [-0.3, -0.25) is 14.9 Å². The molecule has 212 valence electrons. The molecule has 0 bridgehead atoms. The van der Waals surface area contributed by atoms with E-state index in [9.17, 15) is 14.7 Å². The number of thiazole rings is 1. The van der Waals surface area contributed by atoms with Crippen molar-refractivity contribution in [1.29, 1.82) is 0 Å². The van der Waals surface area contributed by atoms with E-state index in [2.05, 4.69) is 15.2 Å². The molecule has 0 spiro atoms. The van der Waals surface area contributed by atoms with Crippen LogP contribution in [0.2, 0.25) is 10.0 Å². The van der Waals surface area contributed by atoms with Gasteiger partial charge in [0.25, 0.3) is 5.91 Å². The minimum atomic E-state index is -0.774. The number of aromatic nitrogens is 2. The molecule has 1 fully saturated rings. The number of carboxylic acids is 1. The summed E-state index contributed by atoms with van der Waals surface area (Å²) < 4.78 is 5.16. The van der Waals surface area contributed by atoms with Gasteiger partial charge in [-0.2, -0.15) is 0 Å². The van der Waals surface area contributed by atoms with E-state index in [1.807, 2.05) is 23.4 Å². The van der Waals surface area contributed by atoms with Crippen molar-refractivity contribution in [3.63, 3.8) is 0 Å². The molecule has 0 saturated carbocycles. The second kappa shape index (κ2) is 14.6. The Labute approximate surface area is 251 Å². The maximum Gasteiger partial charge on any atom is 0.306 e. The number of rotatable bonds is 11. The highest BCUT2D eigenvalue weighted by atomic mass is 35.5. The molecule has 0 aliphatic carbocycles. The van der Waals surface area contributed by atoms with E-state index in [0.717, 1.165) is 28.4 Å². The standard InChI is InChI=1S/C25H29Cl2N5O4S2.ClH/c1-31(6-3-9-36-2)13-20-21(19-11-17(26)14-37-19)29-25(38-20)30-23(33)16-10-18(27)22(28-12-16)32-7-4-15(5-8-32)24(34)35;/h10-12,14-15H,3-9,13H2,1-2H3,(H,34,35)(H,29,30,33);1H. The van der Waals surface area contributed by atoms with Crippen molar-refractivity contribution in [3.8, 4) is 10.6 Å². The van der Waals surface area contributed by atoms with E-state index < -0.39 is 5.97 Å². The van der Waals surface area contributed by atoms with Crippen LogP contribution >= 0.6 is 58.3 Å². The molecule has 4 heterocycles. The van der Waals surface area contributed by atoms with Crippen molar-refractivity contribution >= 4 is 81.1 Å². The molecule has 2 N–H and O–H groups in total. The first-order valence-corrected chi connectivity index (χ1v) is 14.6. The minimum Gasteiger partial charge on any atom is -0.481 e. The largest absolute Gasteiger partial charge is 0.481 e. The number of halogens is 3. The van der Waals surface area contributed by atoms with Gasteiger partial charge >= 0.3 is 5.97 Å². The lowest BCUT2D eigenvalue weighted by atomic mass is 9.97. The number of carbonyl (C=O) groups excluding carboxylic acids is 1. The minimum absolute atomic E-state index is 0. The average molecular weight is 635 g/mol. The van der Waals surface area contributed by atoms with Gasteiger partial charge in [0, 0.05) is 56.3 Å². The highest BCUT2D eigenvalue weighted by molar-refractivity contribution is 7.17. The van der Waals surface area contributed by atoms with E-state index in [4.69, 9.17) is 32.9 Å². The maximum absolute atomic E-state index is 13.1. The molecule has 9 nitrogen and oxygen atoms in total. The maximum atomic E-state index is 13.1. The lowest BCUT2D eigenvalue weighted by Gasteiger charge is -2.31. The van der Waals surface area contributed by atoms with Crippen molar-refractivity contribution in [3.05, 3.63) is 44.2 Å². The van der Waals surface area contributed by atoms with Gasteiger partial charge in [0.15, 0.2) is 5.13 Å². The zero-order chi connectivity index (χ0) is 27.2. The summed E-state index contributed by atoms with van der Waals surface area (Å²) >= 11 is 15.6. The van der Waals surface area contributed by atoms with Crippen LogP contribution in [0.15, 0.2) is 23.7 Å². The lowest BCUT2D eigenvalue weighted by molar-refractivity contribution is -0.142. The second-order valence-electron chi connectivity index (χ2n) is 9.09. The Hall–Kier alpha value is -1.99. The first-order chi connectivity index (χ1) is 18.2. The molecule has 14 heteroatoms. The van der Waals surface area contributed by atoms with E-state index >= 15 is 0 Å². The first-order valence-electron chi connectivity index (χ1n) is 12.1. The number of carbonyl (C=O) groups is 2. The Morgan fingerprint density at radius 3 is 2.64 bits per heavy atom. The number of ether oxygens (including phenoxy) is 1. The van der Waals surface area contributed by atoms with E-state index in [1.54, 1.807) is 13.2 Å². The first kappa shape index (κ1) is 31.5. The van der Waals surface area contributed by atoms with Crippen LogP contribution in [0.5, 0.6) is 0 Å². The predicted octanol–water partition coefficient (Wildman–Crippen LogP) is 6.02. The number of methoxy groups -OCH3 is 1. The monoisotopic (exact) mass is 633 g/mol. The summed E-state index contributed by atoms with van der Waals surface area (Å²) in [4.78, 5) is 39.5. The highest BCUT2D eigenvalue weighted by Crippen LogP contribution is 2.37. The SMILES string of the molecule is COCCCN(C)Cc1sc(NC(=O)c2cnc(N3CCC(C(=O)O)CC3)c(Cl)c2)nc1-c1cc(Cl)cs1.Cl. The molecular formula is C25H30Cl3N5O4S2. The van der Waals surface area contributed by atoms with E-state index in [1.165, 1.54) is 28.9 Å². The van der Waals surface area contributed by atoms with Crippen LogP contribution in [0.25, 0.3) is 10.6 Å². The lowest BCUT2D eigenvalue weighted by Crippen LogP contribution is -2.37. The molecule has 1 saturated heterocycles. The van der Waals surface area contributed by atoms with Crippen molar-refractivity contribution in [2.24, 2.45) is 5.92 Å². The fourth-order valence-electron chi connectivity index (χ4n) is 4.24. The normalized spacial score (nSPS) is 13.9. The topological polar surface area (TPSA) is 108 Å².